The number of hydrogen-bond acceptors (Lipinski definition) is 4. The van der Waals surface area contributed by atoms with E-state index in [1.54, 1.807) is 6.20 Å². The second kappa shape index (κ2) is 7.70. The molecule has 0 amide bonds. The zero-order valence-electron chi connectivity index (χ0n) is 11.8. The number of para-hydroxylation sites is 1. The van der Waals surface area contributed by atoms with Crippen molar-refractivity contribution in [3.05, 3.63) is 48.2 Å². The quantitative estimate of drug-likeness (QED) is 0.743. The van der Waals surface area contributed by atoms with Crippen LogP contribution in [0.4, 0.5) is 0 Å². The zero-order valence-corrected chi connectivity index (χ0v) is 11.8. The molecule has 0 fully saturated rings. The van der Waals surface area contributed by atoms with Crippen LogP contribution in [0.5, 0.6) is 5.75 Å². The average Bonchev–Trinajstić information content (AvgIpc) is 2.99. The van der Waals surface area contributed by atoms with Gasteiger partial charge in [0.25, 0.3) is 0 Å². The summed E-state index contributed by atoms with van der Waals surface area (Å²) in [7, 11) is 0. The Morgan fingerprint density at radius 2 is 2.15 bits per heavy atom. The first kappa shape index (κ1) is 14.6. The molecule has 4 heteroatoms. The number of oxazole rings is 1. The van der Waals surface area contributed by atoms with Gasteiger partial charge in [-0.1, -0.05) is 44.4 Å². The van der Waals surface area contributed by atoms with E-state index in [1.165, 1.54) is 6.26 Å². The van der Waals surface area contributed by atoms with Crippen LogP contribution >= 0.6 is 0 Å². The van der Waals surface area contributed by atoms with Crippen molar-refractivity contribution in [3.8, 4) is 5.75 Å². The maximum absolute atomic E-state index is 10.3. The van der Waals surface area contributed by atoms with Gasteiger partial charge in [-0.15, -0.1) is 0 Å². The lowest BCUT2D eigenvalue weighted by Crippen LogP contribution is -2.03. The Morgan fingerprint density at radius 1 is 1.30 bits per heavy atom. The largest absolute Gasteiger partial charge is 0.483 e. The molecule has 0 aliphatic carbocycles. The van der Waals surface area contributed by atoms with E-state index >= 15 is 0 Å². The lowest BCUT2D eigenvalue weighted by atomic mass is 10.0. The minimum absolute atomic E-state index is 0.270. The van der Waals surface area contributed by atoms with E-state index in [0.29, 0.717) is 11.6 Å². The summed E-state index contributed by atoms with van der Waals surface area (Å²) in [5, 5.41) is 10.3. The summed E-state index contributed by atoms with van der Waals surface area (Å²) < 4.78 is 10.8. The van der Waals surface area contributed by atoms with Gasteiger partial charge in [0, 0.05) is 5.56 Å². The fourth-order valence-corrected chi connectivity index (χ4v) is 2.09. The molecule has 0 saturated carbocycles. The van der Waals surface area contributed by atoms with Crippen molar-refractivity contribution in [1.29, 1.82) is 0 Å². The molecule has 1 heterocycles. The monoisotopic (exact) mass is 275 g/mol. The molecule has 1 N–H and O–H groups in total. The maximum Gasteiger partial charge on any atom is 0.232 e. The van der Waals surface area contributed by atoms with E-state index < -0.39 is 6.10 Å². The molecule has 0 saturated heterocycles. The van der Waals surface area contributed by atoms with Crippen LogP contribution < -0.4 is 4.74 Å². The van der Waals surface area contributed by atoms with Crippen LogP contribution in [0.1, 0.15) is 50.2 Å². The van der Waals surface area contributed by atoms with Gasteiger partial charge >= 0.3 is 0 Å². The second-order valence-electron chi connectivity index (χ2n) is 4.76. The number of aliphatic hydroxyl groups is 1. The van der Waals surface area contributed by atoms with Crippen molar-refractivity contribution in [1.82, 2.24) is 4.98 Å². The molecule has 108 valence electrons. The highest BCUT2D eigenvalue weighted by molar-refractivity contribution is 5.35. The van der Waals surface area contributed by atoms with Crippen molar-refractivity contribution in [2.24, 2.45) is 0 Å². The third kappa shape index (κ3) is 4.10. The number of benzene rings is 1. The molecule has 4 nitrogen and oxygen atoms in total. The van der Waals surface area contributed by atoms with Crippen molar-refractivity contribution in [2.75, 3.05) is 0 Å². The van der Waals surface area contributed by atoms with Crippen LogP contribution in [0.3, 0.4) is 0 Å². The van der Waals surface area contributed by atoms with Crippen LogP contribution in [0.25, 0.3) is 0 Å². The first-order chi connectivity index (χ1) is 9.81. The molecule has 0 aliphatic heterocycles. The van der Waals surface area contributed by atoms with Crippen LogP contribution in [0.15, 0.2) is 41.1 Å². The zero-order chi connectivity index (χ0) is 14.2. The van der Waals surface area contributed by atoms with Gasteiger partial charge in [0.2, 0.25) is 5.89 Å². The van der Waals surface area contributed by atoms with E-state index in [1.807, 2.05) is 24.3 Å². The van der Waals surface area contributed by atoms with Gasteiger partial charge in [-0.2, -0.15) is 0 Å². The van der Waals surface area contributed by atoms with Gasteiger partial charge in [0.05, 0.1) is 12.3 Å². The van der Waals surface area contributed by atoms with Crippen molar-refractivity contribution >= 4 is 0 Å². The smallest absolute Gasteiger partial charge is 0.232 e. The first-order valence-corrected chi connectivity index (χ1v) is 7.09. The predicted molar refractivity (Wildman–Crippen MR) is 76.4 cm³/mol. The third-order valence-corrected chi connectivity index (χ3v) is 3.19. The Morgan fingerprint density at radius 3 is 2.90 bits per heavy atom. The normalized spacial score (nSPS) is 12.3. The molecule has 1 aromatic carbocycles. The van der Waals surface area contributed by atoms with Crippen LogP contribution in [-0.4, -0.2) is 10.1 Å². The molecule has 2 rings (SSSR count). The number of ether oxygens (including phenoxy) is 1. The van der Waals surface area contributed by atoms with Gasteiger partial charge in [-0.05, 0) is 12.5 Å². The number of rotatable bonds is 8. The van der Waals surface area contributed by atoms with Gasteiger partial charge in [0.1, 0.15) is 12.0 Å². The minimum atomic E-state index is -0.484. The molecular weight excluding hydrogens is 254 g/mol. The summed E-state index contributed by atoms with van der Waals surface area (Å²) in [5.41, 5.74) is 0.829. The van der Waals surface area contributed by atoms with Gasteiger partial charge < -0.3 is 14.3 Å². The fourth-order valence-electron chi connectivity index (χ4n) is 2.09. The number of nitrogens with zero attached hydrogens (tertiary/aromatic N) is 1. The van der Waals surface area contributed by atoms with Crippen LogP contribution in [0, 0.1) is 0 Å². The average molecular weight is 275 g/mol. The molecule has 2 aromatic rings. The van der Waals surface area contributed by atoms with Crippen molar-refractivity contribution < 1.29 is 14.3 Å². The van der Waals surface area contributed by atoms with Gasteiger partial charge in [-0.25, -0.2) is 4.98 Å². The summed E-state index contributed by atoms with van der Waals surface area (Å²) in [6.07, 6.45) is 6.68. The number of aliphatic hydroxyl groups excluding tert-OH is 1. The number of aromatic nitrogens is 1. The predicted octanol–water partition coefficient (Wildman–Crippen LogP) is 3.87. The van der Waals surface area contributed by atoms with E-state index in [4.69, 9.17) is 9.15 Å². The standard InChI is InChI=1S/C16H21NO3/c1-2-3-4-8-14(18)13-7-5-6-9-15(13)20-12-16-17-10-11-19-16/h5-7,9-11,14,18H,2-4,8,12H2,1H3. The molecule has 0 radical (unpaired) electrons. The first-order valence-electron chi connectivity index (χ1n) is 7.09. The van der Waals surface area contributed by atoms with E-state index in [2.05, 4.69) is 11.9 Å². The molecular formula is C16H21NO3. The summed E-state index contributed by atoms with van der Waals surface area (Å²) in [5.74, 6) is 1.22. The third-order valence-electron chi connectivity index (χ3n) is 3.19. The maximum atomic E-state index is 10.3. The summed E-state index contributed by atoms with van der Waals surface area (Å²) in [4.78, 5) is 4.01. The minimum Gasteiger partial charge on any atom is -0.483 e. The highest BCUT2D eigenvalue weighted by atomic mass is 16.5. The molecule has 0 bridgehead atoms. The van der Waals surface area contributed by atoms with Crippen LogP contribution in [0.2, 0.25) is 0 Å². The number of hydrogen-bond donors (Lipinski definition) is 1. The van der Waals surface area contributed by atoms with Gasteiger partial charge in [0.15, 0.2) is 6.61 Å². The molecule has 1 unspecified atom stereocenters. The summed E-state index contributed by atoms with van der Waals surface area (Å²) in [6, 6.07) is 7.58. The molecule has 20 heavy (non-hydrogen) atoms. The topological polar surface area (TPSA) is 55.5 Å². The molecule has 1 atom stereocenters. The molecule has 0 spiro atoms. The van der Waals surface area contributed by atoms with Crippen LogP contribution in [-0.2, 0) is 6.61 Å². The lowest BCUT2D eigenvalue weighted by Gasteiger charge is -2.15. The van der Waals surface area contributed by atoms with Gasteiger partial charge in [-0.3, -0.25) is 0 Å². The lowest BCUT2D eigenvalue weighted by molar-refractivity contribution is 0.155. The molecule has 1 aromatic heterocycles. The fraction of sp³-hybridized carbons (Fsp3) is 0.438. The SMILES string of the molecule is CCCCCC(O)c1ccccc1OCc1ncco1. The number of unbranched alkanes of at least 4 members (excludes halogenated alkanes) is 2. The summed E-state index contributed by atoms with van der Waals surface area (Å²) >= 11 is 0. The Bertz CT molecular complexity index is 496. The van der Waals surface area contributed by atoms with E-state index in [9.17, 15) is 5.11 Å². The summed E-state index contributed by atoms with van der Waals surface area (Å²) in [6.45, 7) is 2.42. The van der Waals surface area contributed by atoms with E-state index in [-0.39, 0.29) is 6.61 Å². The Kier molecular flexibility index (Phi) is 5.62. The highest BCUT2D eigenvalue weighted by Gasteiger charge is 2.13. The Balaban J connectivity index is 1.97. The van der Waals surface area contributed by atoms with Crippen molar-refractivity contribution in [2.45, 2.75) is 45.3 Å². The molecule has 0 aliphatic rings. The Hall–Kier alpha value is -1.81. The van der Waals surface area contributed by atoms with E-state index in [0.717, 1.165) is 31.2 Å². The highest BCUT2D eigenvalue weighted by Crippen LogP contribution is 2.29. The Labute approximate surface area is 119 Å². The second-order valence-corrected chi connectivity index (χ2v) is 4.76. The van der Waals surface area contributed by atoms with Crippen molar-refractivity contribution in [3.63, 3.8) is 0 Å².